The summed E-state index contributed by atoms with van der Waals surface area (Å²) >= 11 is 1.06. The molecule has 0 bridgehead atoms. The number of carbonyl (C=O) groups is 4. The van der Waals surface area contributed by atoms with Crippen molar-refractivity contribution in [1.29, 1.82) is 5.26 Å². The first-order chi connectivity index (χ1) is 21.2. The van der Waals surface area contributed by atoms with Gasteiger partial charge < -0.3 is 20.3 Å². The molecule has 5 atom stereocenters. The predicted molar refractivity (Wildman–Crippen MR) is 159 cm³/mol. The monoisotopic (exact) mass is 620 g/mol. The number of likely N-dealkylation sites (tertiary alicyclic amines) is 1. The molecule has 2 aromatic heterocycles. The Morgan fingerprint density at radius 1 is 1.14 bits per heavy atom. The zero-order chi connectivity index (χ0) is 30.9. The molecule has 0 aromatic carbocycles. The van der Waals surface area contributed by atoms with Crippen LogP contribution in [0.25, 0.3) is 0 Å². The zero-order valence-corrected chi connectivity index (χ0v) is 25.9. The smallest absolute Gasteiger partial charge is 0.276 e. The standard InChI is InChI=1S/C30H36N8O5S/c1-4-36-27-22(21(16-5-6-16)23(28(36)41)34-26(40)25-14(2)32-30(44-25)33-15(3)39)24(35-38(27)18-7-9-43-10-8-18)29(42)37-19(13-31)11-17-12-20(17)37/h16-21,23H,4-12H2,1-3H3,(H,34,40)(H,32,33,39)/t17-,19-,20+,21-,23-/m0/s1. The molecule has 2 saturated carbocycles. The number of anilines is 2. The molecule has 2 aromatic rings. The molecule has 0 spiro atoms. The van der Waals surface area contributed by atoms with Crippen molar-refractivity contribution in [3.63, 3.8) is 0 Å². The molecule has 7 rings (SSSR count). The largest absolute Gasteiger partial charge is 0.381 e. The lowest BCUT2D eigenvalue weighted by Gasteiger charge is -2.39. The van der Waals surface area contributed by atoms with Gasteiger partial charge in [0.15, 0.2) is 10.8 Å². The van der Waals surface area contributed by atoms with E-state index in [1.54, 1.807) is 16.7 Å². The number of carbonyl (C=O) groups excluding carboxylic acids is 4. The molecule has 232 valence electrons. The fourth-order valence-corrected chi connectivity index (χ4v) is 8.29. The van der Waals surface area contributed by atoms with Crippen molar-refractivity contribution in [2.75, 3.05) is 30.0 Å². The van der Waals surface area contributed by atoms with E-state index in [9.17, 15) is 24.4 Å². The number of amides is 4. The number of hydrogen-bond acceptors (Lipinski definition) is 9. The van der Waals surface area contributed by atoms with Gasteiger partial charge >= 0.3 is 0 Å². The Morgan fingerprint density at radius 3 is 2.55 bits per heavy atom. The third kappa shape index (κ3) is 4.77. The highest BCUT2D eigenvalue weighted by Crippen LogP contribution is 2.53. The number of nitrogens with one attached hydrogen (secondary N) is 2. The SMILES string of the molecule is CCN1C(=O)[C@@H](NC(=O)c2sc(NC(C)=O)nc2C)[C@@H](C2CC2)c2c(C(=O)N3[C@H](C#N)C[C@H]4C[C@H]43)nn(C3CCOCC3)c21. The first kappa shape index (κ1) is 28.9. The van der Waals surface area contributed by atoms with E-state index in [1.807, 2.05) is 11.6 Å². The Morgan fingerprint density at radius 2 is 1.89 bits per heavy atom. The molecule has 4 amide bonds. The Labute approximate surface area is 258 Å². The predicted octanol–water partition coefficient (Wildman–Crippen LogP) is 2.74. The van der Waals surface area contributed by atoms with E-state index in [-0.39, 0.29) is 35.7 Å². The van der Waals surface area contributed by atoms with Crippen LogP contribution >= 0.6 is 11.3 Å². The van der Waals surface area contributed by atoms with Gasteiger partial charge in [-0.15, -0.1) is 0 Å². The molecule has 0 unspecified atom stereocenters. The van der Waals surface area contributed by atoms with E-state index >= 15 is 0 Å². The summed E-state index contributed by atoms with van der Waals surface area (Å²) in [5, 5.41) is 20.9. The van der Waals surface area contributed by atoms with Crippen LogP contribution in [0.2, 0.25) is 0 Å². The summed E-state index contributed by atoms with van der Waals surface area (Å²) in [5.41, 5.74) is 1.45. The number of piperidine rings is 1. The maximum absolute atomic E-state index is 14.4. The van der Waals surface area contributed by atoms with Gasteiger partial charge in [-0.25, -0.2) is 9.67 Å². The van der Waals surface area contributed by atoms with Crippen LogP contribution in [0.4, 0.5) is 10.9 Å². The summed E-state index contributed by atoms with van der Waals surface area (Å²) in [6.07, 6.45) is 4.72. The van der Waals surface area contributed by atoms with Crippen LogP contribution in [0.3, 0.4) is 0 Å². The number of rotatable bonds is 7. The van der Waals surface area contributed by atoms with Gasteiger partial charge in [0.1, 0.15) is 22.8 Å². The molecular formula is C30H36N8O5S. The molecule has 2 saturated heterocycles. The van der Waals surface area contributed by atoms with Crippen molar-refractivity contribution < 1.29 is 23.9 Å². The minimum absolute atomic E-state index is 0.0436. The van der Waals surface area contributed by atoms with Gasteiger partial charge in [0, 0.05) is 44.2 Å². The van der Waals surface area contributed by atoms with E-state index in [2.05, 4.69) is 21.7 Å². The van der Waals surface area contributed by atoms with Crippen LogP contribution in [0.15, 0.2) is 0 Å². The Bertz CT molecular complexity index is 1580. The molecule has 44 heavy (non-hydrogen) atoms. The normalized spacial score (nSPS) is 27.9. The molecule has 3 aliphatic heterocycles. The first-order valence-corrected chi connectivity index (χ1v) is 16.3. The number of likely N-dealkylation sites (N-methyl/N-ethyl adjacent to an activating group) is 1. The van der Waals surface area contributed by atoms with Crippen molar-refractivity contribution in [3.8, 4) is 6.07 Å². The second-order valence-electron chi connectivity index (χ2n) is 12.5. The van der Waals surface area contributed by atoms with Gasteiger partial charge in [0.2, 0.25) is 5.91 Å². The number of fused-ring (bicyclic) bond motifs is 2. The summed E-state index contributed by atoms with van der Waals surface area (Å²) in [5.74, 6) is -0.603. The van der Waals surface area contributed by atoms with Crippen molar-refractivity contribution in [1.82, 2.24) is 25.0 Å². The Balaban J connectivity index is 1.32. The van der Waals surface area contributed by atoms with Gasteiger partial charge in [-0.3, -0.25) is 24.1 Å². The number of nitriles is 1. The van der Waals surface area contributed by atoms with Crippen molar-refractivity contribution >= 4 is 45.9 Å². The fourth-order valence-electron chi connectivity index (χ4n) is 7.37. The van der Waals surface area contributed by atoms with Crippen LogP contribution in [-0.4, -0.2) is 81.2 Å². The van der Waals surface area contributed by atoms with E-state index in [0.29, 0.717) is 77.7 Å². The van der Waals surface area contributed by atoms with Gasteiger partial charge in [-0.1, -0.05) is 11.3 Å². The zero-order valence-electron chi connectivity index (χ0n) is 25.0. The molecule has 0 radical (unpaired) electrons. The number of hydrogen-bond donors (Lipinski definition) is 2. The topological polar surface area (TPSA) is 163 Å². The maximum Gasteiger partial charge on any atom is 0.276 e. The number of nitrogens with zero attached hydrogens (tertiary/aromatic N) is 6. The lowest BCUT2D eigenvalue weighted by molar-refractivity contribution is -0.121. The average molecular weight is 621 g/mol. The number of ether oxygens (including phenoxy) is 1. The number of aryl methyl sites for hydroxylation is 1. The van der Waals surface area contributed by atoms with Crippen LogP contribution in [0, 0.1) is 30.1 Å². The summed E-state index contributed by atoms with van der Waals surface area (Å²) in [4.78, 5) is 62.0. The van der Waals surface area contributed by atoms with Crippen LogP contribution in [0.5, 0.6) is 0 Å². The van der Waals surface area contributed by atoms with Crippen LogP contribution in [-0.2, 0) is 14.3 Å². The second-order valence-corrected chi connectivity index (χ2v) is 13.5. The Hall–Kier alpha value is -3.83. The van der Waals surface area contributed by atoms with Crippen molar-refractivity contribution in [2.24, 2.45) is 11.8 Å². The highest BCUT2D eigenvalue weighted by Gasteiger charge is 2.57. The minimum Gasteiger partial charge on any atom is -0.381 e. The highest BCUT2D eigenvalue weighted by atomic mass is 32.1. The van der Waals surface area contributed by atoms with Crippen molar-refractivity contribution in [3.05, 3.63) is 21.8 Å². The number of thiazole rings is 1. The van der Waals surface area contributed by atoms with E-state index in [0.717, 1.165) is 30.6 Å². The van der Waals surface area contributed by atoms with E-state index in [1.165, 1.54) is 6.92 Å². The highest BCUT2D eigenvalue weighted by molar-refractivity contribution is 7.17. The third-order valence-corrected chi connectivity index (χ3v) is 10.7. The van der Waals surface area contributed by atoms with Crippen LogP contribution in [0.1, 0.15) is 95.7 Å². The lowest BCUT2D eigenvalue weighted by atomic mass is 9.82. The Kier molecular flexibility index (Phi) is 7.20. The van der Waals surface area contributed by atoms with Crippen molar-refractivity contribution in [2.45, 2.75) is 89.4 Å². The minimum atomic E-state index is -0.911. The van der Waals surface area contributed by atoms with Crippen LogP contribution < -0.4 is 15.5 Å². The molecule has 4 fully saturated rings. The third-order valence-electron chi connectivity index (χ3n) is 9.65. The lowest BCUT2D eigenvalue weighted by Crippen LogP contribution is -2.56. The fraction of sp³-hybridized carbons (Fsp3) is 0.633. The maximum atomic E-state index is 14.4. The van der Waals surface area contributed by atoms with E-state index < -0.39 is 23.9 Å². The first-order valence-electron chi connectivity index (χ1n) is 15.5. The quantitative estimate of drug-likeness (QED) is 0.477. The summed E-state index contributed by atoms with van der Waals surface area (Å²) in [6.45, 7) is 6.41. The molecule has 14 heteroatoms. The molecule has 13 nitrogen and oxygen atoms in total. The summed E-state index contributed by atoms with van der Waals surface area (Å²) < 4.78 is 7.49. The van der Waals surface area contributed by atoms with E-state index in [4.69, 9.17) is 9.84 Å². The molecule has 2 N–H and O–H groups in total. The number of aromatic nitrogens is 3. The molecule has 5 heterocycles. The molecule has 2 aliphatic carbocycles. The molecular weight excluding hydrogens is 584 g/mol. The van der Waals surface area contributed by atoms with Gasteiger partial charge in [0.05, 0.1) is 17.8 Å². The summed E-state index contributed by atoms with van der Waals surface area (Å²) in [7, 11) is 0. The summed E-state index contributed by atoms with van der Waals surface area (Å²) in [6, 6.07) is 0.919. The molecule has 5 aliphatic rings. The van der Waals surface area contributed by atoms with Gasteiger partial charge in [0.25, 0.3) is 17.7 Å². The average Bonchev–Trinajstić information content (AvgIpc) is 3.89. The second kappa shape index (κ2) is 11.0. The van der Waals surface area contributed by atoms with Gasteiger partial charge in [-0.05, 0) is 64.2 Å². The van der Waals surface area contributed by atoms with Gasteiger partial charge in [-0.2, -0.15) is 10.4 Å².